The second-order valence-electron chi connectivity index (χ2n) is 18.5. The Morgan fingerprint density at radius 2 is 0.987 bits per heavy atom. The van der Waals surface area contributed by atoms with Gasteiger partial charge in [0.2, 0.25) is 0 Å². The molecule has 76 heavy (non-hydrogen) atoms. The zero-order valence-electron chi connectivity index (χ0n) is 42.0. The Morgan fingerprint density at radius 1 is 0.382 bits per heavy atom. The maximum Gasteiger partial charge on any atom is 0.155 e. The van der Waals surface area contributed by atoms with E-state index < -0.39 is 0 Å². The fourth-order valence-corrected chi connectivity index (χ4v) is 10.3. The minimum Gasteiger partial charge on any atom is -0.453 e. The summed E-state index contributed by atoms with van der Waals surface area (Å²) in [5, 5.41) is 7.14. The average Bonchev–Trinajstić information content (AvgIpc) is 4.19. The summed E-state index contributed by atoms with van der Waals surface area (Å²) in [7, 11) is 0. The monoisotopic (exact) mass is 977 g/mol. The molecule has 0 amide bonds. The van der Waals surface area contributed by atoms with Crippen LogP contribution in [-0.2, 0) is 0 Å². The number of nitrogens with zero attached hydrogens (tertiary/aromatic N) is 5. The number of hydrogen-bond donors (Lipinski definition) is 0. The highest BCUT2D eigenvalue weighted by Crippen LogP contribution is 2.40. The van der Waals surface area contributed by atoms with Gasteiger partial charge in [-0.1, -0.05) is 190 Å². The van der Waals surface area contributed by atoms with Crippen molar-refractivity contribution in [1.82, 2.24) is 24.1 Å². The molecule has 0 spiro atoms. The molecule has 0 unspecified atom stereocenters. The van der Waals surface area contributed by atoms with Crippen molar-refractivity contribution in [2.45, 2.75) is 6.92 Å². The molecule has 6 nitrogen and oxygen atoms in total. The molecule has 14 aromatic rings. The summed E-state index contributed by atoms with van der Waals surface area (Å²) >= 11 is 0. The molecular weight excluding hydrogens is 927 g/mol. The quantitative estimate of drug-likeness (QED) is 0.142. The molecule has 8 aromatic carbocycles. The smallest absolute Gasteiger partial charge is 0.155 e. The molecule has 0 aliphatic heterocycles. The van der Waals surface area contributed by atoms with E-state index in [1.165, 1.54) is 32.3 Å². The lowest BCUT2D eigenvalue weighted by atomic mass is 9.97. The summed E-state index contributed by atoms with van der Waals surface area (Å²) in [4.78, 5) is 15.2. The van der Waals surface area contributed by atoms with Gasteiger partial charge in [0.15, 0.2) is 11.2 Å². The second kappa shape index (κ2) is 20.4. The highest BCUT2D eigenvalue weighted by atomic mass is 16.3. The van der Waals surface area contributed by atoms with E-state index >= 15 is 0 Å². The number of aromatic nitrogens is 5. The molecule has 0 radical (unpaired) electrons. The number of benzene rings is 8. The number of furan rings is 1. The van der Waals surface area contributed by atoms with Crippen LogP contribution in [0, 0.1) is 0 Å². The first-order valence-corrected chi connectivity index (χ1v) is 25.4. The van der Waals surface area contributed by atoms with Crippen molar-refractivity contribution < 1.29 is 4.42 Å². The minimum absolute atomic E-state index is 0.721. The third-order valence-electron chi connectivity index (χ3n) is 13.9. The standard InChI is InChI=1S/C61H37N5O.C5H8.C4H6/c1-2-13-39(14-3-1)51-35-46(43-24-23-38-12-4-5-15-40(38)32-43)37-59(63-51)65-53-21-9-7-19-48(53)50-34-44(26-28-54(50)65)41-16-10-17-42(33-41)45-25-27-49-47-18-6-8-20-52(47)66(55(49)36-45)58-30-29-57-61(64-58)60-56(67-57)22-11-31-62-60;1-3-5-4-2;1-3-4-2/h1-37H;3-5H,1H2,2H3;3-4H,1-2H2/b;5-4-;. The summed E-state index contributed by atoms with van der Waals surface area (Å²) in [6.45, 7) is 12.1. The Bertz CT molecular complexity index is 4550. The summed E-state index contributed by atoms with van der Waals surface area (Å²) < 4.78 is 10.7. The van der Waals surface area contributed by atoms with E-state index in [2.05, 4.69) is 228 Å². The third kappa shape index (κ3) is 8.63. The SMILES string of the molecule is C=C/C=C\C.C=CC=C.c1ccc(-c2cc(-c3ccc4ccccc4c3)cc(-n3c4ccccc4c4cc(-c5cccc(-c6ccc7c8ccccc8n(-c8ccc9oc%10cccnc%10c9n8)c7c6)c5)ccc43)n2)cc1. The van der Waals surface area contributed by atoms with Gasteiger partial charge in [0.05, 0.1) is 27.8 Å². The lowest BCUT2D eigenvalue weighted by Gasteiger charge is -2.13. The molecule has 6 heteroatoms. The zero-order chi connectivity index (χ0) is 51.5. The maximum atomic E-state index is 6.10. The van der Waals surface area contributed by atoms with Crippen molar-refractivity contribution in [2.75, 3.05) is 0 Å². The Hall–Kier alpha value is -10.2. The predicted molar refractivity (Wildman–Crippen MR) is 320 cm³/mol. The highest BCUT2D eigenvalue weighted by Gasteiger charge is 2.19. The van der Waals surface area contributed by atoms with Crippen LogP contribution in [0.25, 0.3) is 133 Å². The first kappa shape index (κ1) is 46.9. The molecule has 362 valence electrons. The first-order chi connectivity index (χ1) is 37.5. The lowest BCUT2D eigenvalue weighted by Crippen LogP contribution is -2.00. The molecule has 0 atom stereocenters. The van der Waals surface area contributed by atoms with E-state index in [1.807, 2.05) is 43.3 Å². The number of allylic oxidation sites excluding steroid dienone is 5. The number of rotatable bonds is 8. The van der Waals surface area contributed by atoms with E-state index in [0.717, 1.165) is 101 Å². The Labute approximate surface area is 440 Å². The molecule has 0 N–H and O–H groups in total. The molecule has 6 aromatic heterocycles. The van der Waals surface area contributed by atoms with E-state index in [0.29, 0.717) is 0 Å². The van der Waals surface area contributed by atoms with Crippen LogP contribution in [0.15, 0.2) is 279 Å². The summed E-state index contributed by atoms with van der Waals surface area (Å²) in [6.07, 6.45) is 10.6. The van der Waals surface area contributed by atoms with Gasteiger partial charge in [-0.3, -0.25) is 14.1 Å². The van der Waals surface area contributed by atoms with Crippen molar-refractivity contribution in [1.29, 1.82) is 0 Å². The fourth-order valence-electron chi connectivity index (χ4n) is 10.3. The molecule has 6 heterocycles. The van der Waals surface area contributed by atoms with Crippen LogP contribution in [0.2, 0.25) is 0 Å². The summed E-state index contributed by atoms with van der Waals surface area (Å²) in [5.41, 5.74) is 16.2. The van der Waals surface area contributed by atoms with Crippen molar-refractivity contribution in [3.8, 4) is 56.3 Å². The molecule has 0 aliphatic rings. The van der Waals surface area contributed by atoms with Crippen LogP contribution >= 0.6 is 0 Å². The zero-order valence-corrected chi connectivity index (χ0v) is 42.0. The van der Waals surface area contributed by atoms with Gasteiger partial charge in [0.25, 0.3) is 0 Å². The predicted octanol–water partition coefficient (Wildman–Crippen LogP) is 18.9. The Morgan fingerprint density at radius 3 is 1.74 bits per heavy atom. The number of fused-ring (bicyclic) bond motifs is 10. The molecule has 0 saturated heterocycles. The van der Waals surface area contributed by atoms with Crippen molar-refractivity contribution >= 4 is 76.6 Å². The van der Waals surface area contributed by atoms with Gasteiger partial charge in [0.1, 0.15) is 22.7 Å². The number of hydrogen-bond acceptors (Lipinski definition) is 4. The van der Waals surface area contributed by atoms with Gasteiger partial charge in [0, 0.05) is 33.3 Å². The van der Waals surface area contributed by atoms with Crippen LogP contribution in [0.1, 0.15) is 6.92 Å². The van der Waals surface area contributed by atoms with Crippen molar-refractivity contribution in [3.05, 3.63) is 275 Å². The van der Waals surface area contributed by atoms with Crippen LogP contribution in [0.5, 0.6) is 0 Å². The van der Waals surface area contributed by atoms with Crippen molar-refractivity contribution in [2.24, 2.45) is 0 Å². The maximum absolute atomic E-state index is 6.10. The number of pyridine rings is 3. The van der Waals surface area contributed by atoms with Gasteiger partial charge in [-0.15, -0.1) is 0 Å². The van der Waals surface area contributed by atoms with Gasteiger partial charge in [-0.05, 0) is 130 Å². The molecule has 0 bridgehead atoms. The fraction of sp³-hybridized carbons (Fsp3) is 0.0143. The summed E-state index contributed by atoms with van der Waals surface area (Å²) in [5.74, 6) is 1.69. The molecule has 0 aliphatic carbocycles. The molecule has 0 fully saturated rings. The van der Waals surface area contributed by atoms with E-state index in [1.54, 1.807) is 24.4 Å². The van der Waals surface area contributed by atoms with Crippen molar-refractivity contribution in [3.63, 3.8) is 0 Å². The Balaban J connectivity index is 0.000000601. The first-order valence-electron chi connectivity index (χ1n) is 25.4. The van der Waals surface area contributed by atoms with Crippen LogP contribution in [0.3, 0.4) is 0 Å². The minimum atomic E-state index is 0.721. The van der Waals surface area contributed by atoms with Gasteiger partial charge < -0.3 is 4.42 Å². The van der Waals surface area contributed by atoms with Gasteiger partial charge in [-0.2, -0.15) is 0 Å². The third-order valence-corrected chi connectivity index (χ3v) is 13.9. The molecular formula is C70H51N5O. The second-order valence-corrected chi connectivity index (χ2v) is 18.5. The average molecular weight is 978 g/mol. The van der Waals surface area contributed by atoms with Crippen LogP contribution < -0.4 is 0 Å². The Kier molecular flexibility index (Phi) is 12.6. The van der Waals surface area contributed by atoms with Crippen LogP contribution in [-0.4, -0.2) is 24.1 Å². The molecule has 0 saturated carbocycles. The normalized spacial score (nSPS) is 11.3. The van der Waals surface area contributed by atoms with E-state index in [-0.39, 0.29) is 0 Å². The lowest BCUT2D eigenvalue weighted by molar-refractivity contribution is 0.667. The highest BCUT2D eigenvalue weighted by molar-refractivity contribution is 6.12. The summed E-state index contributed by atoms with van der Waals surface area (Å²) in [6, 6.07) is 77.8. The van der Waals surface area contributed by atoms with Gasteiger partial charge in [-0.25, -0.2) is 9.97 Å². The number of para-hydroxylation sites is 2. The van der Waals surface area contributed by atoms with E-state index in [4.69, 9.17) is 14.4 Å². The topological polar surface area (TPSA) is 61.7 Å². The van der Waals surface area contributed by atoms with E-state index in [9.17, 15) is 0 Å². The largest absolute Gasteiger partial charge is 0.453 e. The van der Waals surface area contributed by atoms with Gasteiger partial charge >= 0.3 is 0 Å². The van der Waals surface area contributed by atoms with Crippen LogP contribution in [0.4, 0.5) is 0 Å². The molecule has 14 rings (SSSR count).